The van der Waals surface area contributed by atoms with E-state index in [1.807, 2.05) is 116 Å². The summed E-state index contributed by atoms with van der Waals surface area (Å²) in [7, 11) is 0. The molecule has 0 unspecified atom stereocenters. The van der Waals surface area contributed by atoms with E-state index in [9.17, 15) is 5.11 Å². The summed E-state index contributed by atoms with van der Waals surface area (Å²) < 4.78 is 1.78. The highest BCUT2D eigenvalue weighted by atomic mass is 16.3. The predicted octanol–water partition coefficient (Wildman–Crippen LogP) is 5.07. The molecule has 0 saturated carbocycles. The van der Waals surface area contributed by atoms with E-state index in [0.29, 0.717) is 6.42 Å². The summed E-state index contributed by atoms with van der Waals surface area (Å²) >= 11 is 0. The molecule has 3 heteroatoms. The summed E-state index contributed by atoms with van der Waals surface area (Å²) in [6, 6.07) is 33.5. The number of aromatic nitrogens is 1. The lowest BCUT2D eigenvalue weighted by atomic mass is 9.81. The minimum atomic E-state index is -1.19. The van der Waals surface area contributed by atoms with Gasteiger partial charge in [0, 0.05) is 18.8 Å². The summed E-state index contributed by atoms with van der Waals surface area (Å²) in [5.41, 5.74) is 2.30. The molecule has 0 amide bonds. The fraction of sp³-hybridized carbons (Fsp3) is 0.0800. The first-order chi connectivity index (χ1) is 13.8. The Kier molecular flexibility index (Phi) is 5.18. The van der Waals surface area contributed by atoms with Gasteiger partial charge in [0.1, 0.15) is 5.60 Å². The van der Waals surface area contributed by atoms with Gasteiger partial charge in [-0.3, -0.25) is 0 Å². The molecule has 4 aromatic rings. The minimum absolute atomic E-state index is 0.350. The molecule has 1 N–H and O–H groups in total. The number of nitrogens with zero attached hydrogens (tertiary/aromatic N) is 2. The van der Waals surface area contributed by atoms with Crippen LogP contribution in [0.15, 0.2) is 121 Å². The Morgan fingerprint density at radius 1 is 0.679 bits per heavy atom. The predicted molar refractivity (Wildman–Crippen MR) is 113 cm³/mol. The maximum atomic E-state index is 11.9. The van der Waals surface area contributed by atoms with Gasteiger partial charge in [-0.25, -0.2) is 4.68 Å². The summed E-state index contributed by atoms with van der Waals surface area (Å²) in [6.45, 7) is 0. The molecule has 28 heavy (non-hydrogen) atoms. The molecule has 1 heterocycles. The molecule has 0 fully saturated rings. The first-order valence-corrected chi connectivity index (χ1v) is 9.35. The first-order valence-electron chi connectivity index (χ1n) is 9.35. The van der Waals surface area contributed by atoms with Crippen molar-refractivity contribution in [3.8, 4) is 0 Å². The van der Waals surface area contributed by atoms with Gasteiger partial charge in [-0.15, -0.1) is 0 Å². The molecule has 0 aliphatic carbocycles. The van der Waals surface area contributed by atoms with Crippen molar-refractivity contribution >= 4 is 5.71 Å². The third kappa shape index (κ3) is 3.80. The zero-order valence-electron chi connectivity index (χ0n) is 15.5. The molecule has 0 bridgehead atoms. The van der Waals surface area contributed by atoms with Crippen LogP contribution in [0.1, 0.15) is 23.1 Å². The van der Waals surface area contributed by atoms with E-state index in [-0.39, 0.29) is 0 Å². The molecule has 4 rings (SSSR count). The SMILES string of the molecule is OC(C/C(=N\n1cccc1)c1ccccc1)(c1ccccc1)c1ccccc1. The third-order valence-electron chi connectivity index (χ3n) is 4.86. The van der Waals surface area contributed by atoms with Crippen LogP contribution in [0.25, 0.3) is 0 Å². The van der Waals surface area contributed by atoms with Gasteiger partial charge in [-0.2, -0.15) is 5.10 Å². The Balaban J connectivity index is 1.84. The van der Waals surface area contributed by atoms with Crippen LogP contribution < -0.4 is 0 Å². The molecular formula is C25H22N2O. The van der Waals surface area contributed by atoms with Crippen molar-refractivity contribution in [2.75, 3.05) is 0 Å². The Labute approximate surface area is 165 Å². The van der Waals surface area contributed by atoms with Crippen molar-refractivity contribution < 1.29 is 5.11 Å². The molecule has 0 atom stereocenters. The van der Waals surface area contributed by atoms with E-state index >= 15 is 0 Å². The second-order valence-corrected chi connectivity index (χ2v) is 6.74. The highest BCUT2D eigenvalue weighted by Crippen LogP contribution is 2.34. The van der Waals surface area contributed by atoms with Crippen LogP contribution in [0.3, 0.4) is 0 Å². The van der Waals surface area contributed by atoms with Gasteiger partial charge in [-0.1, -0.05) is 91.0 Å². The zero-order valence-corrected chi connectivity index (χ0v) is 15.5. The average molecular weight is 366 g/mol. The van der Waals surface area contributed by atoms with Crippen molar-refractivity contribution in [3.63, 3.8) is 0 Å². The fourth-order valence-electron chi connectivity index (χ4n) is 3.40. The number of aliphatic hydroxyl groups is 1. The van der Waals surface area contributed by atoms with Gasteiger partial charge in [0.2, 0.25) is 0 Å². The first kappa shape index (κ1) is 18.0. The maximum Gasteiger partial charge on any atom is 0.120 e. The largest absolute Gasteiger partial charge is 0.380 e. The maximum absolute atomic E-state index is 11.9. The molecular weight excluding hydrogens is 344 g/mol. The monoisotopic (exact) mass is 366 g/mol. The van der Waals surface area contributed by atoms with E-state index in [1.54, 1.807) is 4.68 Å². The van der Waals surface area contributed by atoms with Crippen molar-refractivity contribution in [1.82, 2.24) is 4.68 Å². The zero-order chi connectivity index (χ0) is 19.2. The highest BCUT2D eigenvalue weighted by molar-refractivity contribution is 6.01. The lowest BCUT2D eigenvalue weighted by Gasteiger charge is -2.30. The van der Waals surface area contributed by atoms with E-state index < -0.39 is 5.60 Å². The van der Waals surface area contributed by atoms with Crippen LogP contribution in [0.5, 0.6) is 0 Å². The highest BCUT2D eigenvalue weighted by Gasteiger charge is 2.33. The van der Waals surface area contributed by atoms with Gasteiger partial charge in [0.25, 0.3) is 0 Å². The van der Waals surface area contributed by atoms with Gasteiger partial charge >= 0.3 is 0 Å². The van der Waals surface area contributed by atoms with Crippen LogP contribution in [-0.2, 0) is 5.60 Å². The van der Waals surface area contributed by atoms with Crippen molar-refractivity contribution in [3.05, 3.63) is 132 Å². The molecule has 0 aliphatic heterocycles. The van der Waals surface area contributed by atoms with Crippen molar-refractivity contribution in [1.29, 1.82) is 0 Å². The Morgan fingerprint density at radius 3 is 1.64 bits per heavy atom. The van der Waals surface area contributed by atoms with Crippen LogP contribution in [0.2, 0.25) is 0 Å². The van der Waals surface area contributed by atoms with E-state index in [4.69, 9.17) is 5.10 Å². The standard InChI is InChI=1S/C25H22N2O/c28-25(22-14-6-2-7-15-22,23-16-8-3-9-17-23)20-24(21-12-4-1-5-13-21)26-27-18-10-11-19-27/h1-19,28H,20H2/b26-24+. The average Bonchev–Trinajstić information content (AvgIpc) is 3.28. The molecule has 1 aromatic heterocycles. The minimum Gasteiger partial charge on any atom is -0.380 e. The Hall–Kier alpha value is -3.43. The fourth-order valence-corrected chi connectivity index (χ4v) is 3.40. The second kappa shape index (κ2) is 8.07. The van der Waals surface area contributed by atoms with Gasteiger partial charge in [-0.05, 0) is 28.8 Å². The van der Waals surface area contributed by atoms with Gasteiger partial charge < -0.3 is 5.11 Å². The molecule has 0 radical (unpaired) electrons. The van der Waals surface area contributed by atoms with Crippen LogP contribution >= 0.6 is 0 Å². The van der Waals surface area contributed by atoms with Crippen LogP contribution in [-0.4, -0.2) is 15.5 Å². The van der Waals surface area contributed by atoms with Crippen LogP contribution in [0.4, 0.5) is 0 Å². The van der Waals surface area contributed by atoms with Gasteiger partial charge in [0.15, 0.2) is 0 Å². The molecule has 0 aliphatic rings. The van der Waals surface area contributed by atoms with E-state index in [2.05, 4.69) is 0 Å². The molecule has 3 nitrogen and oxygen atoms in total. The summed E-state index contributed by atoms with van der Waals surface area (Å²) in [5.74, 6) is 0. The number of hydrogen-bond acceptors (Lipinski definition) is 2. The lowest BCUT2D eigenvalue weighted by Crippen LogP contribution is -2.31. The molecule has 0 spiro atoms. The van der Waals surface area contributed by atoms with E-state index in [0.717, 1.165) is 22.4 Å². The second-order valence-electron chi connectivity index (χ2n) is 6.74. The Bertz CT molecular complexity index is 984. The summed E-state index contributed by atoms with van der Waals surface area (Å²) in [5, 5.41) is 16.7. The smallest absolute Gasteiger partial charge is 0.120 e. The third-order valence-corrected chi connectivity index (χ3v) is 4.86. The lowest BCUT2D eigenvalue weighted by molar-refractivity contribution is 0.0889. The number of benzene rings is 3. The van der Waals surface area contributed by atoms with Gasteiger partial charge in [0.05, 0.1) is 5.71 Å². The summed E-state index contributed by atoms with van der Waals surface area (Å²) in [4.78, 5) is 0. The van der Waals surface area contributed by atoms with Crippen molar-refractivity contribution in [2.45, 2.75) is 12.0 Å². The number of rotatable bonds is 6. The molecule has 138 valence electrons. The summed E-state index contributed by atoms with van der Waals surface area (Å²) in [6.07, 6.45) is 4.14. The number of hydrogen-bond donors (Lipinski definition) is 1. The quantitative estimate of drug-likeness (QED) is 0.476. The molecule has 3 aromatic carbocycles. The normalized spacial score (nSPS) is 12.1. The topological polar surface area (TPSA) is 37.5 Å². The Morgan fingerprint density at radius 2 is 1.14 bits per heavy atom. The molecule has 0 saturated heterocycles. The van der Waals surface area contributed by atoms with Crippen molar-refractivity contribution in [2.24, 2.45) is 5.10 Å². The van der Waals surface area contributed by atoms with E-state index in [1.165, 1.54) is 0 Å². The van der Waals surface area contributed by atoms with Crippen LogP contribution in [0, 0.1) is 0 Å².